The minimum atomic E-state index is -4.80. The zero-order valence-corrected chi connectivity index (χ0v) is 21.4. The summed E-state index contributed by atoms with van der Waals surface area (Å²) in [5.41, 5.74) is -2.13. The van der Waals surface area contributed by atoms with Gasteiger partial charge in [-0.1, -0.05) is 17.7 Å². The lowest BCUT2D eigenvalue weighted by molar-refractivity contribution is -0.137. The van der Waals surface area contributed by atoms with Crippen molar-refractivity contribution >= 4 is 52.1 Å². The van der Waals surface area contributed by atoms with Crippen LogP contribution < -0.4 is 15.1 Å². The van der Waals surface area contributed by atoms with Gasteiger partial charge < -0.3 is 10.2 Å². The molecule has 38 heavy (non-hydrogen) atoms. The van der Waals surface area contributed by atoms with E-state index in [1.807, 2.05) is 0 Å². The van der Waals surface area contributed by atoms with Crippen LogP contribution in [-0.2, 0) is 17.5 Å². The first-order chi connectivity index (χ1) is 17.9. The maximum absolute atomic E-state index is 13.5. The predicted molar refractivity (Wildman–Crippen MR) is 137 cm³/mol. The van der Waals surface area contributed by atoms with Crippen LogP contribution in [0.15, 0.2) is 54.9 Å². The molecule has 194 valence electrons. The smallest absolute Gasteiger partial charge is 0.345 e. The number of aromatic nitrogens is 2. The summed E-state index contributed by atoms with van der Waals surface area (Å²) >= 11 is 12.0. The van der Waals surface area contributed by atoms with E-state index in [4.69, 9.17) is 29.1 Å². The highest BCUT2D eigenvalue weighted by atomic mass is 35.5. The molecule has 1 saturated heterocycles. The third-order valence-electron chi connectivity index (χ3n) is 5.86. The van der Waals surface area contributed by atoms with Gasteiger partial charge in [0.15, 0.2) is 5.11 Å². The van der Waals surface area contributed by atoms with Crippen LogP contribution in [0.2, 0.25) is 5.02 Å². The lowest BCUT2D eigenvalue weighted by Crippen LogP contribution is -2.44. The number of rotatable bonds is 5. The minimum absolute atomic E-state index is 0.000468. The number of alkyl halides is 3. The lowest BCUT2D eigenvalue weighted by Gasteiger charge is -2.29. The van der Waals surface area contributed by atoms with Gasteiger partial charge >= 0.3 is 6.18 Å². The summed E-state index contributed by atoms with van der Waals surface area (Å²) in [7, 11) is 0. The molecule has 13 heteroatoms. The topological polar surface area (TPSA) is 102 Å². The van der Waals surface area contributed by atoms with Crippen molar-refractivity contribution in [1.29, 1.82) is 5.26 Å². The van der Waals surface area contributed by atoms with E-state index in [9.17, 15) is 22.8 Å². The molecule has 3 aromatic rings. The van der Waals surface area contributed by atoms with Crippen LogP contribution >= 0.6 is 23.8 Å². The van der Waals surface area contributed by atoms with Gasteiger partial charge in [-0.15, -0.1) is 0 Å². The molecule has 2 aromatic carbocycles. The maximum Gasteiger partial charge on any atom is 0.417 e. The number of nitriles is 1. The molecule has 0 saturated carbocycles. The molecule has 2 heterocycles. The van der Waals surface area contributed by atoms with E-state index < -0.39 is 34.7 Å². The van der Waals surface area contributed by atoms with Crippen molar-refractivity contribution in [3.63, 3.8) is 0 Å². The number of benzene rings is 2. The Morgan fingerprint density at radius 1 is 1.16 bits per heavy atom. The predicted octanol–water partition coefficient (Wildman–Crippen LogP) is 4.87. The van der Waals surface area contributed by atoms with Gasteiger partial charge in [-0.2, -0.15) is 18.4 Å². The number of carbonyl (C=O) groups is 2. The number of carbonyl (C=O) groups excluding carboxylic acids is 2. The van der Waals surface area contributed by atoms with Gasteiger partial charge in [0.2, 0.25) is 5.82 Å². The first-order valence-electron chi connectivity index (χ1n) is 11.0. The zero-order valence-electron chi connectivity index (χ0n) is 19.9. The first kappa shape index (κ1) is 27.0. The number of nitrogens with zero attached hydrogens (tertiary/aromatic N) is 5. The highest BCUT2D eigenvalue weighted by molar-refractivity contribution is 7.81. The number of hydrogen-bond donors (Lipinski definition) is 1. The summed E-state index contributed by atoms with van der Waals surface area (Å²) in [5.74, 6) is -1.05. The largest absolute Gasteiger partial charge is 0.417 e. The van der Waals surface area contributed by atoms with Crippen LogP contribution in [0.25, 0.3) is 0 Å². The SMILES string of the molecule is CC1(C)C(=O)N(c2ccc(C#N)c(C(F)(F)F)c2)C(=S)N1c1ccc(CNC(=O)c2ncccn2)c(Cl)c1. The fourth-order valence-electron chi connectivity index (χ4n) is 3.95. The summed E-state index contributed by atoms with van der Waals surface area (Å²) in [4.78, 5) is 35.8. The molecule has 0 radical (unpaired) electrons. The van der Waals surface area contributed by atoms with Crippen molar-refractivity contribution in [3.05, 3.63) is 82.4 Å². The first-order valence-corrected chi connectivity index (χ1v) is 11.8. The van der Waals surface area contributed by atoms with E-state index in [0.29, 0.717) is 11.3 Å². The summed E-state index contributed by atoms with van der Waals surface area (Å²) in [6, 6.07) is 10.9. The van der Waals surface area contributed by atoms with Crippen LogP contribution in [0.1, 0.15) is 41.2 Å². The monoisotopic (exact) mass is 558 g/mol. The van der Waals surface area contributed by atoms with Gasteiger partial charge in [0.25, 0.3) is 11.8 Å². The summed E-state index contributed by atoms with van der Waals surface area (Å²) in [6.45, 7) is 3.23. The van der Waals surface area contributed by atoms with Crippen molar-refractivity contribution in [2.45, 2.75) is 32.1 Å². The number of halogens is 4. The second-order valence-corrected chi connectivity index (χ2v) is 9.46. The van der Waals surface area contributed by atoms with Crippen molar-refractivity contribution in [3.8, 4) is 6.07 Å². The van der Waals surface area contributed by atoms with Gasteiger partial charge in [-0.3, -0.25) is 14.5 Å². The summed E-state index contributed by atoms with van der Waals surface area (Å²) in [5, 5.41) is 12.0. The second kappa shape index (κ2) is 10.00. The average Bonchev–Trinajstić information content (AvgIpc) is 3.05. The van der Waals surface area contributed by atoms with E-state index >= 15 is 0 Å². The Morgan fingerprint density at radius 3 is 2.42 bits per heavy atom. The summed E-state index contributed by atoms with van der Waals surface area (Å²) < 4.78 is 40.6. The highest BCUT2D eigenvalue weighted by Crippen LogP contribution is 2.40. The van der Waals surface area contributed by atoms with E-state index in [-0.39, 0.29) is 28.2 Å². The molecule has 1 aromatic heterocycles. The number of nitrogens with one attached hydrogen (secondary N) is 1. The molecular weight excluding hydrogens is 541 g/mol. The van der Waals surface area contributed by atoms with Gasteiger partial charge in [0.05, 0.1) is 22.9 Å². The Labute approximate surface area is 225 Å². The van der Waals surface area contributed by atoms with Crippen LogP contribution in [0.3, 0.4) is 0 Å². The molecule has 0 unspecified atom stereocenters. The molecule has 2 amide bonds. The van der Waals surface area contributed by atoms with Gasteiger partial charge in [0, 0.05) is 29.6 Å². The van der Waals surface area contributed by atoms with E-state index in [0.717, 1.165) is 17.0 Å². The fraction of sp³-hybridized carbons (Fsp3) is 0.200. The Bertz CT molecular complexity index is 1490. The molecule has 0 bridgehead atoms. The van der Waals surface area contributed by atoms with Crippen molar-refractivity contribution in [2.75, 3.05) is 9.80 Å². The highest BCUT2D eigenvalue weighted by Gasteiger charge is 2.50. The third kappa shape index (κ3) is 4.90. The van der Waals surface area contributed by atoms with Crippen molar-refractivity contribution < 1.29 is 22.8 Å². The normalized spacial score (nSPS) is 15.0. The Kier molecular flexibility index (Phi) is 7.10. The minimum Gasteiger partial charge on any atom is -0.345 e. The van der Waals surface area contributed by atoms with Crippen LogP contribution in [0, 0.1) is 11.3 Å². The molecule has 1 aliphatic rings. The molecule has 8 nitrogen and oxygen atoms in total. The Balaban J connectivity index is 1.62. The van der Waals surface area contributed by atoms with Gasteiger partial charge in [-0.05, 0) is 68.0 Å². The second-order valence-electron chi connectivity index (χ2n) is 8.69. The lowest BCUT2D eigenvalue weighted by atomic mass is 10.0. The molecule has 1 fully saturated rings. The quantitative estimate of drug-likeness (QED) is 0.446. The van der Waals surface area contributed by atoms with Gasteiger partial charge in [-0.25, -0.2) is 9.97 Å². The van der Waals surface area contributed by atoms with Crippen LogP contribution in [-0.4, -0.2) is 32.4 Å². The zero-order chi connectivity index (χ0) is 27.8. The molecule has 0 atom stereocenters. The third-order valence-corrected chi connectivity index (χ3v) is 6.58. The maximum atomic E-state index is 13.5. The molecule has 4 rings (SSSR count). The molecule has 1 aliphatic heterocycles. The molecule has 0 aliphatic carbocycles. The van der Waals surface area contributed by atoms with E-state index in [1.54, 1.807) is 38.1 Å². The Morgan fingerprint density at radius 2 is 1.82 bits per heavy atom. The number of anilines is 2. The molecular formula is C25H18ClF3N6O2S. The van der Waals surface area contributed by atoms with Crippen LogP contribution in [0.4, 0.5) is 24.5 Å². The molecule has 0 spiro atoms. The Hall–Kier alpha value is -4.08. The van der Waals surface area contributed by atoms with Crippen LogP contribution in [0.5, 0.6) is 0 Å². The van der Waals surface area contributed by atoms with Gasteiger partial charge in [0.1, 0.15) is 5.54 Å². The fourth-order valence-corrected chi connectivity index (χ4v) is 4.71. The molecule has 1 N–H and O–H groups in total. The average molecular weight is 559 g/mol. The number of hydrogen-bond acceptors (Lipinski definition) is 6. The summed E-state index contributed by atoms with van der Waals surface area (Å²) in [6.07, 6.45) is -1.92. The van der Waals surface area contributed by atoms with E-state index in [1.165, 1.54) is 29.4 Å². The number of thiocarbonyl (C=S) groups is 1. The van der Waals surface area contributed by atoms with Crippen molar-refractivity contribution in [2.24, 2.45) is 0 Å². The van der Waals surface area contributed by atoms with Crippen molar-refractivity contribution in [1.82, 2.24) is 15.3 Å². The standard InChI is InChI=1S/C25H18ClF3N6O2S/c1-24(2)22(37)34(16-6-4-14(12-30)18(10-16)25(27,28)29)23(38)35(24)17-7-5-15(19(26)11-17)13-33-21(36)20-31-8-3-9-32-20/h3-11H,13H2,1-2H3,(H,33,36). The number of amides is 2. The van der Waals surface area contributed by atoms with E-state index in [2.05, 4.69) is 15.3 Å².